The molecule has 7 heteroatoms. The lowest BCUT2D eigenvalue weighted by Crippen LogP contribution is -2.42. The van der Waals surface area contributed by atoms with Crippen molar-refractivity contribution < 1.29 is 19.1 Å². The topological polar surface area (TPSA) is 96.5 Å². The predicted molar refractivity (Wildman–Crippen MR) is 78.1 cm³/mol. The zero-order chi connectivity index (χ0) is 15.8. The average molecular weight is 293 g/mol. The van der Waals surface area contributed by atoms with Crippen LogP contribution in [-0.4, -0.2) is 37.6 Å². The van der Waals surface area contributed by atoms with E-state index in [-0.39, 0.29) is 18.2 Å². The van der Waals surface area contributed by atoms with Gasteiger partial charge in [0.05, 0.1) is 24.9 Å². The summed E-state index contributed by atoms with van der Waals surface area (Å²) in [7, 11) is 1.26. The third-order valence-electron chi connectivity index (χ3n) is 2.44. The maximum atomic E-state index is 11.8. The first-order valence-corrected chi connectivity index (χ1v) is 6.45. The molecule has 0 aliphatic heterocycles. The normalized spacial score (nSPS) is 9.90. The van der Waals surface area contributed by atoms with Crippen LogP contribution in [0.15, 0.2) is 24.3 Å². The Morgan fingerprint density at radius 2 is 1.86 bits per heavy atom. The number of carbonyl (C=O) groups excluding carboxylic acids is 3. The SMILES string of the molecule is COC(=O)c1ccccc1NC(=O)CNC(=O)NC(C)C. The first-order valence-electron chi connectivity index (χ1n) is 6.45. The minimum absolute atomic E-state index is 0.0203. The van der Waals surface area contributed by atoms with Crippen molar-refractivity contribution in [2.45, 2.75) is 19.9 Å². The van der Waals surface area contributed by atoms with Crippen molar-refractivity contribution in [3.8, 4) is 0 Å². The molecule has 0 aromatic heterocycles. The Balaban J connectivity index is 2.59. The van der Waals surface area contributed by atoms with Crippen LogP contribution in [0.1, 0.15) is 24.2 Å². The number of ether oxygens (including phenoxy) is 1. The number of carbonyl (C=O) groups is 3. The largest absolute Gasteiger partial charge is 0.465 e. The number of methoxy groups -OCH3 is 1. The van der Waals surface area contributed by atoms with E-state index in [2.05, 4.69) is 20.7 Å². The van der Waals surface area contributed by atoms with Crippen molar-refractivity contribution in [3.05, 3.63) is 29.8 Å². The highest BCUT2D eigenvalue weighted by Crippen LogP contribution is 2.15. The van der Waals surface area contributed by atoms with Crippen molar-refractivity contribution in [2.24, 2.45) is 0 Å². The number of hydrogen-bond donors (Lipinski definition) is 3. The first kappa shape index (κ1) is 16.5. The third kappa shape index (κ3) is 5.52. The summed E-state index contributed by atoms with van der Waals surface area (Å²) in [4.78, 5) is 34.7. The molecule has 0 unspecified atom stereocenters. The molecule has 0 atom stereocenters. The van der Waals surface area contributed by atoms with Gasteiger partial charge in [0.1, 0.15) is 0 Å². The Bertz CT molecular complexity index is 529. The van der Waals surface area contributed by atoms with Crippen molar-refractivity contribution >= 4 is 23.6 Å². The highest BCUT2D eigenvalue weighted by Gasteiger charge is 2.13. The Labute approximate surface area is 123 Å². The van der Waals surface area contributed by atoms with E-state index in [9.17, 15) is 14.4 Å². The van der Waals surface area contributed by atoms with Gasteiger partial charge in [-0.15, -0.1) is 0 Å². The summed E-state index contributed by atoms with van der Waals surface area (Å²) >= 11 is 0. The van der Waals surface area contributed by atoms with E-state index in [1.165, 1.54) is 7.11 Å². The lowest BCUT2D eigenvalue weighted by Gasteiger charge is -2.11. The summed E-state index contributed by atoms with van der Waals surface area (Å²) in [6.45, 7) is 3.42. The van der Waals surface area contributed by atoms with Crippen LogP contribution >= 0.6 is 0 Å². The highest BCUT2D eigenvalue weighted by molar-refractivity contribution is 6.02. The van der Waals surface area contributed by atoms with Gasteiger partial charge in [0, 0.05) is 6.04 Å². The molecule has 0 aliphatic rings. The molecule has 0 fully saturated rings. The summed E-state index contributed by atoms with van der Waals surface area (Å²) in [5.74, 6) is -0.985. The summed E-state index contributed by atoms with van der Waals surface area (Å²) in [5, 5.41) is 7.57. The molecule has 0 saturated heterocycles. The number of rotatable bonds is 5. The van der Waals surface area contributed by atoms with Crippen LogP contribution in [0.4, 0.5) is 10.5 Å². The van der Waals surface area contributed by atoms with Crippen molar-refractivity contribution in [1.82, 2.24) is 10.6 Å². The van der Waals surface area contributed by atoms with Gasteiger partial charge in [0.25, 0.3) is 0 Å². The number of esters is 1. The van der Waals surface area contributed by atoms with E-state index >= 15 is 0 Å². The van der Waals surface area contributed by atoms with E-state index in [1.54, 1.807) is 24.3 Å². The maximum Gasteiger partial charge on any atom is 0.339 e. The monoisotopic (exact) mass is 293 g/mol. The molecule has 1 rings (SSSR count). The van der Waals surface area contributed by atoms with Crippen LogP contribution in [0.5, 0.6) is 0 Å². The van der Waals surface area contributed by atoms with Crippen molar-refractivity contribution in [2.75, 3.05) is 19.0 Å². The van der Waals surface area contributed by atoms with Crippen LogP contribution < -0.4 is 16.0 Å². The zero-order valence-corrected chi connectivity index (χ0v) is 12.2. The molecule has 0 radical (unpaired) electrons. The molecule has 0 saturated carbocycles. The lowest BCUT2D eigenvalue weighted by atomic mass is 10.2. The number of para-hydroxylation sites is 1. The van der Waals surface area contributed by atoms with E-state index < -0.39 is 17.9 Å². The van der Waals surface area contributed by atoms with Crippen molar-refractivity contribution in [3.63, 3.8) is 0 Å². The molecule has 21 heavy (non-hydrogen) atoms. The number of nitrogens with one attached hydrogen (secondary N) is 3. The predicted octanol–water partition coefficient (Wildman–Crippen LogP) is 1.12. The fourth-order valence-corrected chi connectivity index (χ4v) is 1.55. The molecule has 3 N–H and O–H groups in total. The molecule has 1 aromatic rings. The minimum Gasteiger partial charge on any atom is -0.465 e. The lowest BCUT2D eigenvalue weighted by molar-refractivity contribution is -0.115. The Morgan fingerprint density at radius 3 is 2.48 bits per heavy atom. The van der Waals surface area contributed by atoms with E-state index in [0.29, 0.717) is 5.69 Å². The van der Waals surface area contributed by atoms with Gasteiger partial charge in [-0.25, -0.2) is 9.59 Å². The third-order valence-corrected chi connectivity index (χ3v) is 2.44. The van der Waals surface area contributed by atoms with Gasteiger partial charge >= 0.3 is 12.0 Å². The molecule has 0 aliphatic carbocycles. The van der Waals surface area contributed by atoms with Crippen LogP contribution in [0.25, 0.3) is 0 Å². The van der Waals surface area contributed by atoms with Gasteiger partial charge < -0.3 is 20.7 Å². The van der Waals surface area contributed by atoms with Gasteiger partial charge in [-0.3, -0.25) is 4.79 Å². The Hall–Kier alpha value is -2.57. The standard InChI is InChI=1S/C14H19N3O4/c1-9(2)16-14(20)15-8-12(18)17-11-7-5-4-6-10(11)13(19)21-3/h4-7,9H,8H2,1-3H3,(H,17,18)(H2,15,16,20). The van der Waals surface area contributed by atoms with Gasteiger partial charge in [-0.1, -0.05) is 12.1 Å². The molecular formula is C14H19N3O4. The van der Waals surface area contributed by atoms with E-state index in [1.807, 2.05) is 13.8 Å². The van der Waals surface area contributed by atoms with Crippen LogP contribution in [0.3, 0.4) is 0 Å². The number of amides is 3. The van der Waals surface area contributed by atoms with Crippen LogP contribution in [-0.2, 0) is 9.53 Å². The summed E-state index contributed by atoms with van der Waals surface area (Å²) in [6, 6.07) is 6.02. The smallest absolute Gasteiger partial charge is 0.339 e. The molecule has 0 spiro atoms. The number of urea groups is 1. The molecule has 3 amide bonds. The number of anilines is 1. The number of benzene rings is 1. The molecule has 114 valence electrons. The van der Waals surface area contributed by atoms with E-state index in [4.69, 9.17) is 0 Å². The second-order valence-corrected chi connectivity index (χ2v) is 4.57. The summed E-state index contributed by atoms with van der Waals surface area (Å²) in [6.07, 6.45) is 0. The molecular weight excluding hydrogens is 274 g/mol. The van der Waals surface area contributed by atoms with Crippen LogP contribution in [0.2, 0.25) is 0 Å². The van der Waals surface area contributed by atoms with Gasteiger partial charge in [-0.2, -0.15) is 0 Å². The maximum absolute atomic E-state index is 11.8. The molecule has 1 aromatic carbocycles. The molecule has 0 bridgehead atoms. The van der Waals surface area contributed by atoms with Gasteiger partial charge in [0.15, 0.2) is 0 Å². The van der Waals surface area contributed by atoms with Crippen LogP contribution in [0, 0.1) is 0 Å². The second kappa shape index (κ2) is 7.88. The van der Waals surface area contributed by atoms with Crippen molar-refractivity contribution in [1.29, 1.82) is 0 Å². The molecule has 7 nitrogen and oxygen atoms in total. The van der Waals surface area contributed by atoms with Gasteiger partial charge in [0.2, 0.25) is 5.91 Å². The Kier molecular flexibility index (Phi) is 6.19. The second-order valence-electron chi connectivity index (χ2n) is 4.57. The molecule has 0 heterocycles. The summed E-state index contributed by atoms with van der Waals surface area (Å²) in [5.41, 5.74) is 0.584. The first-order chi connectivity index (χ1) is 9.93. The average Bonchev–Trinajstić information content (AvgIpc) is 2.44. The quantitative estimate of drug-likeness (QED) is 0.709. The summed E-state index contributed by atoms with van der Waals surface area (Å²) < 4.78 is 4.63. The zero-order valence-electron chi connectivity index (χ0n) is 12.2. The Morgan fingerprint density at radius 1 is 1.19 bits per heavy atom. The fraction of sp³-hybridized carbons (Fsp3) is 0.357. The fourth-order valence-electron chi connectivity index (χ4n) is 1.55. The van der Waals surface area contributed by atoms with E-state index in [0.717, 1.165) is 0 Å². The van der Waals surface area contributed by atoms with Gasteiger partial charge in [-0.05, 0) is 26.0 Å². The highest BCUT2D eigenvalue weighted by atomic mass is 16.5. The number of hydrogen-bond acceptors (Lipinski definition) is 4. The minimum atomic E-state index is -0.545.